The third-order valence-electron chi connectivity index (χ3n) is 5.77. The number of amides is 3. The van der Waals surface area contributed by atoms with E-state index in [0.717, 1.165) is 44.5 Å². The molecule has 0 saturated carbocycles. The first-order valence-electron chi connectivity index (χ1n) is 9.49. The molecule has 0 bridgehead atoms. The molecule has 3 heterocycles. The first kappa shape index (κ1) is 17.7. The first-order valence-corrected chi connectivity index (χ1v) is 9.49. The molecule has 2 aromatic rings. The van der Waals surface area contributed by atoms with Crippen LogP contribution in [0.1, 0.15) is 24.0 Å². The lowest BCUT2D eigenvalue weighted by Gasteiger charge is -2.40. The number of aromatic nitrogens is 1. The van der Waals surface area contributed by atoms with Crippen molar-refractivity contribution in [2.45, 2.75) is 24.8 Å². The molecule has 4 rings (SSSR count). The van der Waals surface area contributed by atoms with E-state index in [2.05, 4.69) is 44.8 Å². The average molecular weight is 364 g/mol. The van der Waals surface area contributed by atoms with E-state index in [1.807, 2.05) is 18.2 Å². The van der Waals surface area contributed by atoms with Crippen molar-refractivity contribution in [3.05, 3.63) is 66.0 Å². The highest BCUT2D eigenvalue weighted by Gasteiger charge is 2.53. The molecule has 2 aliphatic heterocycles. The highest BCUT2D eigenvalue weighted by Crippen LogP contribution is 2.38. The van der Waals surface area contributed by atoms with Gasteiger partial charge in [0.1, 0.15) is 0 Å². The second-order valence-electron chi connectivity index (χ2n) is 7.31. The molecule has 27 heavy (non-hydrogen) atoms. The highest BCUT2D eigenvalue weighted by atomic mass is 16.2. The number of imide groups is 1. The Kier molecular flexibility index (Phi) is 4.90. The van der Waals surface area contributed by atoms with Gasteiger partial charge in [0.05, 0.1) is 0 Å². The summed E-state index contributed by atoms with van der Waals surface area (Å²) in [4.78, 5) is 31.3. The number of likely N-dealkylation sites (tertiary alicyclic amines) is 1. The lowest BCUT2D eigenvalue weighted by atomic mass is 9.73. The van der Waals surface area contributed by atoms with E-state index in [4.69, 9.17) is 0 Å². The van der Waals surface area contributed by atoms with Crippen LogP contribution >= 0.6 is 0 Å². The van der Waals surface area contributed by atoms with Gasteiger partial charge in [0.2, 0.25) is 0 Å². The number of hydrogen-bond donors (Lipinski definition) is 2. The third-order valence-corrected chi connectivity index (χ3v) is 5.77. The van der Waals surface area contributed by atoms with Crippen molar-refractivity contribution in [2.75, 3.05) is 19.6 Å². The van der Waals surface area contributed by atoms with Crippen LogP contribution in [-0.4, -0.2) is 41.5 Å². The van der Waals surface area contributed by atoms with Crippen molar-refractivity contribution in [3.8, 4) is 0 Å². The van der Waals surface area contributed by atoms with Crippen molar-refractivity contribution in [1.29, 1.82) is 0 Å². The van der Waals surface area contributed by atoms with Crippen LogP contribution in [0.15, 0.2) is 54.9 Å². The highest BCUT2D eigenvalue weighted by molar-refractivity contribution is 6.07. The molecule has 2 saturated heterocycles. The summed E-state index contributed by atoms with van der Waals surface area (Å²) >= 11 is 0. The number of nitrogens with zero attached hydrogens (tertiary/aromatic N) is 2. The Balaban J connectivity index is 1.45. The number of pyridine rings is 1. The summed E-state index contributed by atoms with van der Waals surface area (Å²) in [6.45, 7) is 2.85. The molecule has 0 radical (unpaired) electrons. The average Bonchev–Trinajstić information content (AvgIpc) is 3.03. The quantitative estimate of drug-likeness (QED) is 0.797. The Hall–Kier alpha value is -2.73. The molecule has 2 N–H and O–H groups in total. The number of piperidine rings is 1. The summed E-state index contributed by atoms with van der Waals surface area (Å²) in [6, 6.07) is 13.7. The largest absolute Gasteiger partial charge is 0.322 e. The van der Waals surface area contributed by atoms with Crippen LogP contribution in [0.2, 0.25) is 0 Å². The summed E-state index contributed by atoms with van der Waals surface area (Å²) in [6.07, 6.45) is 6.11. The number of rotatable bonds is 5. The van der Waals surface area contributed by atoms with Crippen molar-refractivity contribution in [1.82, 2.24) is 20.5 Å². The number of carbonyl (C=O) groups is 2. The third kappa shape index (κ3) is 3.45. The zero-order valence-corrected chi connectivity index (χ0v) is 15.2. The Labute approximate surface area is 159 Å². The van der Waals surface area contributed by atoms with Crippen LogP contribution in [0, 0.1) is 5.92 Å². The van der Waals surface area contributed by atoms with Crippen LogP contribution in [0.5, 0.6) is 0 Å². The van der Waals surface area contributed by atoms with Crippen LogP contribution in [0.25, 0.3) is 0 Å². The molecule has 3 amide bonds. The van der Waals surface area contributed by atoms with Gasteiger partial charge in [0.25, 0.3) is 5.91 Å². The zero-order chi connectivity index (χ0) is 18.7. The second-order valence-corrected chi connectivity index (χ2v) is 7.31. The molecule has 2 fully saturated rings. The van der Waals surface area contributed by atoms with Gasteiger partial charge in [-0.05, 0) is 49.9 Å². The van der Waals surface area contributed by atoms with Gasteiger partial charge in [-0.2, -0.15) is 0 Å². The van der Waals surface area contributed by atoms with Gasteiger partial charge >= 0.3 is 6.03 Å². The molecule has 1 aromatic carbocycles. The molecule has 1 aromatic heterocycles. The molecule has 140 valence electrons. The summed E-state index contributed by atoms with van der Waals surface area (Å²) < 4.78 is 0. The Bertz CT molecular complexity index is 803. The van der Waals surface area contributed by atoms with Gasteiger partial charge in [-0.25, -0.2) is 4.79 Å². The number of hydrogen-bond acceptors (Lipinski definition) is 4. The van der Waals surface area contributed by atoms with E-state index in [0.29, 0.717) is 0 Å². The molecule has 6 nitrogen and oxygen atoms in total. The van der Waals surface area contributed by atoms with E-state index in [-0.39, 0.29) is 11.8 Å². The zero-order valence-electron chi connectivity index (χ0n) is 15.2. The van der Waals surface area contributed by atoms with Crippen LogP contribution in [0.3, 0.4) is 0 Å². The molecular formula is C21H24N4O2. The van der Waals surface area contributed by atoms with E-state index in [1.165, 1.54) is 5.56 Å². The number of carbonyl (C=O) groups excluding carboxylic acids is 2. The van der Waals surface area contributed by atoms with Crippen molar-refractivity contribution in [3.63, 3.8) is 0 Å². The Morgan fingerprint density at radius 3 is 2.48 bits per heavy atom. The Morgan fingerprint density at radius 2 is 1.85 bits per heavy atom. The van der Waals surface area contributed by atoms with Crippen molar-refractivity contribution < 1.29 is 9.59 Å². The fraction of sp³-hybridized carbons (Fsp3) is 0.381. The van der Waals surface area contributed by atoms with Gasteiger partial charge in [-0.3, -0.25) is 15.1 Å². The number of nitrogens with one attached hydrogen (secondary N) is 2. The smallest absolute Gasteiger partial charge is 0.319 e. The first-order chi connectivity index (χ1) is 13.2. The maximum atomic E-state index is 12.8. The van der Waals surface area contributed by atoms with Crippen molar-refractivity contribution >= 4 is 11.9 Å². The van der Waals surface area contributed by atoms with Gasteiger partial charge in [-0.15, -0.1) is 0 Å². The van der Waals surface area contributed by atoms with Crippen LogP contribution in [0.4, 0.5) is 4.79 Å². The molecule has 1 atom stereocenters. The summed E-state index contributed by atoms with van der Waals surface area (Å²) in [7, 11) is 0. The topological polar surface area (TPSA) is 74.3 Å². The molecule has 0 unspecified atom stereocenters. The number of benzene rings is 1. The van der Waals surface area contributed by atoms with E-state index >= 15 is 0 Å². The summed E-state index contributed by atoms with van der Waals surface area (Å²) in [5, 5.41) is 5.35. The van der Waals surface area contributed by atoms with Gasteiger partial charge in [-0.1, -0.05) is 36.4 Å². The maximum absolute atomic E-state index is 12.8. The van der Waals surface area contributed by atoms with Crippen LogP contribution in [-0.2, 0) is 16.8 Å². The predicted molar refractivity (Wildman–Crippen MR) is 102 cm³/mol. The molecular weight excluding hydrogens is 340 g/mol. The number of urea groups is 1. The fourth-order valence-electron chi connectivity index (χ4n) is 4.31. The minimum atomic E-state index is -1.00. The van der Waals surface area contributed by atoms with E-state index in [9.17, 15) is 9.59 Å². The maximum Gasteiger partial charge on any atom is 0.322 e. The van der Waals surface area contributed by atoms with Gasteiger partial charge in [0, 0.05) is 24.5 Å². The lowest BCUT2D eigenvalue weighted by molar-refractivity contribution is -0.127. The summed E-state index contributed by atoms with van der Waals surface area (Å²) in [5.41, 5.74) is 1.10. The van der Waals surface area contributed by atoms with Crippen molar-refractivity contribution in [2.24, 2.45) is 5.92 Å². The SMILES string of the molecule is O=C1NC(=O)[C@@](c2cccnc2)(C2CCN(CCc3ccccc3)CC2)N1. The van der Waals surface area contributed by atoms with Crippen LogP contribution < -0.4 is 10.6 Å². The second kappa shape index (κ2) is 7.48. The molecule has 0 aliphatic carbocycles. The van der Waals surface area contributed by atoms with E-state index in [1.54, 1.807) is 12.4 Å². The minimum absolute atomic E-state index is 0.0566. The van der Waals surface area contributed by atoms with E-state index < -0.39 is 11.6 Å². The standard InChI is InChI=1S/C21H24N4O2/c26-19-21(24-20(27)23-19,18-7-4-11-22-15-18)17-9-13-25(14-10-17)12-8-16-5-2-1-3-6-16/h1-7,11,15,17H,8-10,12-14H2,(H2,23,24,26,27)/t21-/m0/s1. The molecule has 0 spiro atoms. The normalized spacial score (nSPS) is 23.9. The van der Waals surface area contributed by atoms with Gasteiger partial charge in [0.15, 0.2) is 5.54 Å². The molecule has 6 heteroatoms. The summed E-state index contributed by atoms with van der Waals surface area (Å²) in [5.74, 6) is -0.204. The van der Waals surface area contributed by atoms with Gasteiger partial charge < -0.3 is 10.2 Å². The monoisotopic (exact) mass is 364 g/mol. The fourth-order valence-corrected chi connectivity index (χ4v) is 4.31. The molecule has 2 aliphatic rings. The minimum Gasteiger partial charge on any atom is -0.319 e. The predicted octanol–water partition coefficient (Wildman–Crippen LogP) is 2.07. The Morgan fingerprint density at radius 1 is 1.07 bits per heavy atom. The lowest BCUT2D eigenvalue weighted by Crippen LogP contribution is -2.53.